The maximum Gasteiger partial charge on any atom is 0.349 e. The molecular weight excluding hydrogens is 246 g/mol. The molecule has 0 saturated carbocycles. The van der Waals surface area contributed by atoms with E-state index < -0.39 is 20.9 Å². The molecule has 17 heavy (non-hydrogen) atoms. The van der Waals surface area contributed by atoms with Gasteiger partial charge in [-0.2, -0.15) is 12.8 Å². The maximum absolute atomic E-state index is 11.4. The van der Waals surface area contributed by atoms with Gasteiger partial charge in [-0.05, 0) is 0 Å². The molecule has 0 aromatic heterocycles. The van der Waals surface area contributed by atoms with Crippen LogP contribution in [0.15, 0.2) is 14.9 Å². The summed E-state index contributed by atoms with van der Waals surface area (Å²) in [7, 11) is -3.98. The second-order valence-corrected chi connectivity index (χ2v) is 5.46. The van der Waals surface area contributed by atoms with Crippen molar-refractivity contribution < 1.29 is 18.3 Å². The summed E-state index contributed by atoms with van der Waals surface area (Å²) in [6.45, 7) is 3.49. The summed E-state index contributed by atoms with van der Waals surface area (Å²) in [6.07, 6.45) is 1.14. The van der Waals surface area contributed by atoms with Gasteiger partial charge >= 0.3 is 5.97 Å². The molecule has 0 aromatic carbocycles. The van der Waals surface area contributed by atoms with E-state index in [1.54, 1.807) is 0 Å². The average Bonchev–Trinajstić information content (AvgIpc) is 2.55. The number of hydrogen-bond acceptors (Lipinski definition) is 5. The second-order valence-electron chi connectivity index (χ2n) is 3.90. The van der Waals surface area contributed by atoms with Gasteiger partial charge in [-0.15, -0.1) is 0 Å². The van der Waals surface area contributed by atoms with Crippen molar-refractivity contribution in [2.45, 2.75) is 0 Å². The van der Waals surface area contributed by atoms with Gasteiger partial charge in [-0.1, -0.05) is 0 Å². The Bertz CT molecular complexity index is 488. The minimum Gasteiger partial charge on any atom is -0.477 e. The van der Waals surface area contributed by atoms with Crippen molar-refractivity contribution in [2.75, 3.05) is 32.7 Å². The Labute approximate surface area is 98.9 Å². The van der Waals surface area contributed by atoms with Gasteiger partial charge in [0, 0.05) is 44.5 Å². The highest BCUT2D eigenvalue weighted by atomic mass is 32.2. The van der Waals surface area contributed by atoms with Crippen molar-refractivity contribution in [3.8, 4) is 0 Å². The molecule has 0 amide bonds. The van der Waals surface area contributed by atoms with Gasteiger partial charge in [-0.3, -0.25) is 4.90 Å². The number of nitrogens with one attached hydrogen (secondary N) is 1. The number of carboxylic acid groups (broad SMARTS) is 1. The van der Waals surface area contributed by atoms with Gasteiger partial charge in [0.2, 0.25) is 0 Å². The molecule has 1 saturated heterocycles. The third-order valence-corrected chi connectivity index (χ3v) is 4.03. The summed E-state index contributed by atoms with van der Waals surface area (Å²) >= 11 is 0. The van der Waals surface area contributed by atoms with E-state index in [4.69, 9.17) is 5.11 Å². The fourth-order valence-corrected chi connectivity index (χ4v) is 2.92. The number of rotatable bonds is 3. The fraction of sp³-hybridized carbons (Fsp3) is 0.556. The molecule has 0 spiro atoms. The van der Waals surface area contributed by atoms with Crippen molar-refractivity contribution in [3.63, 3.8) is 0 Å². The van der Waals surface area contributed by atoms with E-state index >= 15 is 0 Å². The summed E-state index contributed by atoms with van der Waals surface area (Å²) in [5.41, 5.74) is 0.263. The summed E-state index contributed by atoms with van der Waals surface area (Å²) < 4.78 is 26.0. The van der Waals surface area contributed by atoms with Gasteiger partial charge < -0.3 is 10.4 Å². The van der Waals surface area contributed by atoms with Crippen LogP contribution in [0.2, 0.25) is 0 Å². The first kappa shape index (κ1) is 12.2. The van der Waals surface area contributed by atoms with E-state index in [0.29, 0.717) is 6.54 Å². The molecule has 94 valence electrons. The lowest BCUT2D eigenvalue weighted by Gasteiger charge is -2.27. The molecule has 2 N–H and O–H groups in total. The largest absolute Gasteiger partial charge is 0.477 e. The highest BCUT2D eigenvalue weighted by molar-refractivity contribution is 7.95. The number of aliphatic carboxylic acids is 1. The van der Waals surface area contributed by atoms with Crippen LogP contribution in [0.1, 0.15) is 0 Å². The normalized spacial score (nSPS) is 24.2. The van der Waals surface area contributed by atoms with Crippen LogP contribution in [-0.2, 0) is 14.8 Å². The lowest BCUT2D eigenvalue weighted by atomic mass is 10.2. The summed E-state index contributed by atoms with van der Waals surface area (Å²) in [5, 5.41) is 12.1. The van der Waals surface area contributed by atoms with Crippen LogP contribution >= 0.6 is 0 Å². The molecule has 7 nitrogen and oxygen atoms in total. The molecule has 2 aliphatic rings. The van der Waals surface area contributed by atoms with Crippen molar-refractivity contribution in [1.82, 2.24) is 10.2 Å². The van der Waals surface area contributed by atoms with E-state index in [0.717, 1.165) is 32.4 Å². The highest BCUT2D eigenvalue weighted by Gasteiger charge is 2.32. The molecule has 2 rings (SSSR count). The summed E-state index contributed by atoms with van der Waals surface area (Å²) in [4.78, 5) is 12.3. The van der Waals surface area contributed by atoms with Crippen LogP contribution in [-0.4, -0.2) is 63.3 Å². The third-order valence-electron chi connectivity index (χ3n) is 2.69. The number of carbonyl (C=O) groups is 1. The molecule has 0 bridgehead atoms. The van der Waals surface area contributed by atoms with Crippen LogP contribution in [0, 0.1) is 0 Å². The van der Waals surface area contributed by atoms with Crippen LogP contribution < -0.4 is 5.32 Å². The van der Waals surface area contributed by atoms with Gasteiger partial charge in [-0.25, -0.2) is 4.79 Å². The highest BCUT2D eigenvalue weighted by Crippen LogP contribution is 2.21. The van der Waals surface area contributed by atoms with Gasteiger partial charge in [0.05, 0.1) is 0 Å². The number of nitrogens with zero attached hydrogens (tertiary/aromatic N) is 2. The number of piperazine rings is 1. The molecule has 2 aliphatic heterocycles. The predicted molar refractivity (Wildman–Crippen MR) is 61.4 cm³/mol. The fourth-order valence-electron chi connectivity index (χ4n) is 1.88. The van der Waals surface area contributed by atoms with Gasteiger partial charge in [0.25, 0.3) is 10.0 Å². The standard InChI is InChI=1S/C9H13N3O4S/c13-9(14)8-7(5-11-17(8,15)16)6-12-3-1-10-2-4-12/h5,10H,1-4,6H2,(H,13,14). The Hall–Kier alpha value is -1.25. The van der Waals surface area contributed by atoms with E-state index in [1.165, 1.54) is 0 Å². The number of sulfonamides is 1. The molecule has 0 unspecified atom stereocenters. The Balaban J connectivity index is 2.21. The van der Waals surface area contributed by atoms with Crippen molar-refractivity contribution in [2.24, 2.45) is 4.40 Å². The molecule has 2 heterocycles. The molecule has 0 radical (unpaired) electrons. The van der Waals surface area contributed by atoms with Crippen LogP contribution in [0.4, 0.5) is 0 Å². The van der Waals surface area contributed by atoms with Crippen LogP contribution in [0.25, 0.3) is 0 Å². The first-order chi connectivity index (χ1) is 8.00. The molecular formula is C9H13N3O4S. The topological polar surface area (TPSA) is 99.1 Å². The van der Waals surface area contributed by atoms with E-state index in [1.807, 2.05) is 4.90 Å². The lowest BCUT2D eigenvalue weighted by molar-refractivity contribution is -0.131. The number of hydrogen-bond donors (Lipinski definition) is 2. The zero-order chi connectivity index (χ0) is 12.5. The van der Waals surface area contributed by atoms with E-state index in [2.05, 4.69) is 9.71 Å². The second kappa shape index (κ2) is 4.55. The molecule has 1 fully saturated rings. The van der Waals surface area contributed by atoms with E-state index in [-0.39, 0.29) is 5.57 Å². The predicted octanol–water partition coefficient (Wildman–Crippen LogP) is -1.36. The Morgan fingerprint density at radius 1 is 1.47 bits per heavy atom. The quantitative estimate of drug-likeness (QED) is 0.650. The molecule has 8 heteroatoms. The van der Waals surface area contributed by atoms with Crippen molar-refractivity contribution >= 4 is 22.2 Å². The van der Waals surface area contributed by atoms with E-state index in [9.17, 15) is 13.2 Å². The zero-order valence-corrected chi connectivity index (χ0v) is 9.90. The van der Waals surface area contributed by atoms with Crippen molar-refractivity contribution in [1.29, 1.82) is 0 Å². The molecule has 0 aliphatic carbocycles. The first-order valence-electron chi connectivity index (χ1n) is 5.20. The lowest BCUT2D eigenvalue weighted by Crippen LogP contribution is -2.44. The van der Waals surface area contributed by atoms with Crippen molar-refractivity contribution in [3.05, 3.63) is 10.5 Å². The minimum absolute atomic E-state index is 0.263. The Kier molecular flexibility index (Phi) is 3.27. The Morgan fingerprint density at radius 2 is 2.12 bits per heavy atom. The first-order valence-corrected chi connectivity index (χ1v) is 6.64. The number of carboxylic acids is 1. The van der Waals surface area contributed by atoms with Gasteiger partial charge in [0.15, 0.2) is 4.91 Å². The average molecular weight is 259 g/mol. The smallest absolute Gasteiger partial charge is 0.349 e. The maximum atomic E-state index is 11.4. The molecule has 0 aromatic rings. The van der Waals surface area contributed by atoms with Crippen LogP contribution in [0.3, 0.4) is 0 Å². The SMILES string of the molecule is O=C(O)C1=C(CN2CCNCC2)C=NS1(=O)=O. The van der Waals surface area contributed by atoms with Crippen LogP contribution in [0.5, 0.6) is 0 Å². The molecule has 0 atom stereocenters. The summed E-state index contributed by atoms with van der Waals surface area (Å²) in [5.74, 6) is -1.44. The van der Waals surface area contributed by atoms with Gasteiger partial charge in [0.1, 0.15) is 0 Å². The monoisotopic (exact) mass is 259 g/mol. The third kappa shape index (κ3) is 2.54. The zero-order valence-electron chi connectivity index (χ0n) is 9.09. The Morgan fingerprint density at radius 3 is 2.71 bits per heavy atom. The summed E-state index contributed by atoms with van der Waals surface area (Å²) in [6, 6.07) is 0. The minimum atomic E-state index is -3.98.